The van der Waals surface area contributed by atoms with Gasteiger partial charge in [0.25, 0.3) is 0 Å². The Kier molecular flexibility index (Phi) is 11.1. The number of halogens is 7. The van der Waals surface area contributed by atoms with Crippen molar-refractivity contribution in [3.05, 3.63) is 47.3 Å². The van der Waals surface area contributed by atoms with Crippen LogP contribution in [-0.2, 0) is 23.6 Å². The lowest BCUT2D eigenvalue weighted by atomic mass is 9.92. The van der Waals surface area contributed by atoms with Gasteiger partial charge in [0, 0.05) is 32.2 Å². The van der Waals surface area contributed by atoms with E-state index in [0.717, 1.165) is 37.8 Å². The molecule has 2 fully saturated rings. The number of aromatic nitrogens is 2. The molecule has 0 bridgehead atoms. The minimum Gasteiger partial charge on any atom is -0.356 e. The van der Waals surface area contributed by atoms with E-state index in [-0.39, 0.29) is 36.5 Å². The number of anilines is 2. The third-order valence-electron chi connectivity index (χ3n) is 7.55. The Hall–Kier alpha value is -2.80. The normalized spacial score (nSPS) is 18.4. The van der Waals surface area contributed by atoms with Gasteiger partial charge in [-0.3, -0.25) is 4.79 Å². The molecule has 0 saturated carbocycles. The number of nitrogens with two attached hydrogens (primary N) is 1. The van der Waals surface area contributed by atoms with Crippen molar-refractivity contribution in [2.24, 2.45) is 11.7 Å². The lowest BCUT2D eigenvalue weighted by molar-refractivity contribution is -0.144. The van der Waals surface area contributed by atoms with Crippen LogP contribution in [0.25, 0.3) is 0 Å². The van der Waals surface area contributed by atoms with Crippen LogP contribution >= 0.6 is 12.4 Å². The fourth-order valence-corrected chi connectivity index (χ4v) is 5.34. The zero-order valence-corrected chi connectivity index (χ0v) is 23.3. The summed E-state index contributed by atoms with van der Waals surface area (Å²) in [5, 5.41) is 2.77. The number of nitrogens with zero attached hydrogens (tertiary/aromatic N) is 4. The molecule has 1 amide bonds. The van der Waals surface area contributed by atoms with Crippen molar-refractivity contribution >= 4 is 29.9 Å². The monoisotopic (exact) mass is 608 g/mol. The fraction of sp³-hybridized carbons (Fsp3) is 0.593. The third-order valence-corrected chi connectivity index (χ3v) is 7.55. The van der Waals surface area contributed by atoms with E-state index in [2.05, 4.69) is 15.3 Å². The van der Waals surface area contributed by atoms with E-state index in [1.807, 2.05) is 4.90 Å². The zero-order chi connectivity index (χ0) is 28.9. The van der Waals surface area contributed by atoms with Crippen LogP contribution < -0.4 is 20.9 Å². The maximum absolute atomic E-state index is 13.8. The molecule has 1 aromatic carbocycles. The molecular formula is C27H35ClF6N6O. The minimum absolute atomic E-state index is 0. The zero-order valence-electron chi connectivity index (χ0n) is 22.5. The number of benzene rings is 1. The van der Waals surface area contributed by atoms with Gasteiger partial charge in [-0.2, -0.15) is 26.3 Å². The minimum atomic E-state index is -4.75. The number of amides is 1. The number of rotatable bonds is 9. The molecule has 2 aromatic rings. The predicted molar refractivity (Wildman–Crippen MR) is 146 cm³/mol. The number of piperidine rings is 1. The second-order valence-electron chi connectivity index (χ2n) is 10.4. The first-order valence-electron chi connectivity index (χ1n) is 13.6. The van der Waals surface area contributed by atoms with E-state index in [4.69, 9.17) is 5.73 Å². The second kappa shape index (κ2) is 13.9. The first kappa shape index (κ1) is 32.7. The molecule has 0 spiro atoms. The van der Waals surface area contributed by atoms with E-state index in [1.54, 1.807) is 4.90 Å². The molecule has 0 aliphatic carbocycles. The van der Waals surface area contributed by atoms with Crippen molar-refractivity contribution in [3.8, 4) is 0 Å². The van der Waals surface area contributed by atoms with Crippen LogP contribution in [0, 0.1) is 5.92 Å². The van der Waals surface area contributed by atoms with Crippen molar-refractivity contribution in [2.45, 2.75) is 63.3 Å². The molecule has 7 nitrogen and oxygen atoms in total. The Morgan fingerprint density at radius 3 is 2.22 bits per heavy atom. The largest absolute Gasteiger partial charge is 0.451 e. The number of carbonyl (C=O) groups is 1. The standard InChI is InChI=1S/C27H34F6N6O.ClH/c28-26(29,30)20-7-5-19(6-8-20)9-13-35-24(40)21-4-2-14-39(21)23-17-22(36-25(37-23)27(31,32)33)38-15-10-18(11-16-38)3-1-12-34;/h5-8,17-18,21H,1-4,9-16,34H2,(H,35,40);1H. The van der Waals surface area contributed by atoms with Crippen molar-refractivity contribution in [2.75, 3.05) is 42.5 Å². The van der Waals surface area contributed by atoms with Crippen LogP contribution in [0.3, 0.4) is 0 Å². The van der Waals surface area contributed by atoms with Gasteiger partial charge in [-0.1, -0.05) is 12.1 Å². The van der Waals surface area contributed by atoms with Crippen molar-refractivity contribution in [3.63, 3.8) is 0 Å². The highest BCUT2D eigenvalue weighted by molar-refractivity contribution is 5.86. The molecule has 2 aliphatic heterocycles. The Labute approximate surface area is 241 Å². The van der Waals surface area contributed by atoms with Gasteiger partial charge in [0.2, 0.25) is 11.7 Å². The second-order valence-corrected chi connectivity index (χ2v) is 10.4. The van der Waals surface area contributed by atoms with E-state index in [0.29, 0.717) is 56.9 Å². The number of hydrogen-bond donors (Lipinski definition) is 2. The van der Waals surface area contributed by atoms with E-state index < -0.39 is 29.8 Å². The highest BCUT2D eigenvalue weighted by Crippen LogP contribution is 2.34. The van der Waals surface area contributed by atoms with E-state index in [9.17, 15) is 31.1 Å². The fourth-order valence-electron chi connectivity index (χ4n) is 5.34. The van der Waals surface area contributed by atoms with Gasteiger partial charge < -0.3 is 20.9 Å². The van der Waals surface area contributed by atoms with Gasteiger partial charge in [-0.25, -0.2) is 9.97 Å². The van der Waals surface area contributed by atoms with Crippen LogP contribution in [0.15, 0.2) is 30.3 Å². The van der Waals surface area contributed by atoms with Gasteiger partial charge in [0.05, 0.1) is 5.56 Å². The van der Waals surface area contributed by atoms with Crippen LogP contribution in [0.4, 0.5) is 38.0 Å². The molecule has 1 aromatic heterocycles. The number of nitrogens with one attached hydrogen (secondary N) is 1. The first-order valence-corrected chi connectivity index (χ1v) is 13.6. The summed E-state index contributed by atoms with van der Waals surface area (Å²) < 4.78 is 79.6. The molecule has 1 unspecified atom stereocenters. The number of alkyl halides is 6. The van der Waals surface area contributed by atoms with E-state index >= 15 is 0 Å². The highest BCUT2D eigenvalue weighted by Gasteiger charge is 2.39. The molecule has 2 aliphatic rings. The SMILES string of the molecule is Cl.NCCCC1CCN(c2cc(N3CCCC3C(=O)NCCc3ccc(C(F)(F)F)cc3)nc(C(F)(F)F)n2)CC1. The Morgan fingerprint density at radius 2 is 1.61 bits per heavy atom. The predicted octanol–water partition coefficient (Wildman–Crippen LogP) is 5.22. The Morgan fingerprint density at radius 1 is 0.951 bits per heavy atom. The molecule has 0 radical (unpaired) electrons. The van der Waals surface area contributed by atoms with Crippen LogP contribution in [0.5, 0.6) is 0 Å². The Balaban J connectivity index is 0.00000462. The van der Waals surface area contributed by atoms with Crippen LogP contribution in [0.2, 0.25) is 0 Å². The number of carbonyl (C=O) groups excluding carboxylic acids is 1. The summed E-state index contributed by atoms with van der Waals surface area (Å²) in [6.07, 6.45) is -4.21. The molecule has 3 heterocycles. The van der Waals surface area contributed by atoms with Gasteiger partial charge in [0.1, 0.15) is 17.7 Å². The Bertz CT molecular complexity index is 1140. The van der Waals surface area contributed by atoms with Crippen LogP contribution in [0.1, 0.15) is 55.5 Å². The van der Waals surface area contributed by atoms with Gasteiger partial charge >= 0.3 is 12.4 Å². The van der Waals surface area contributed by atoms with Gasteiger partial charge in [-0.05, 0) is 75.1 Å². The average molecular weight is 609 g/mol. The molecule has 4 rings (SSSR count). The molecule has 1 atom stereocenters. The molecule has 41 heavy (non-hydrogen) atoms. The summed E-state index contributed by atoms with van der Waals surface area (Å²) in [6, 6.07) is 5.52. The molecule has 14 heteroatoms. The summed E-state index contributed by atoms with van der Waals surface area (Å²) >= 11 is 0. The van der Waals surface area contributed by atoms with Gasteiger partial charge in [-0.15, -0.1) is 12.4 Å². The maximum Gasteiger partial charge on any atom is 0.451 e. The summed E-state index contributed by atoms with van der Waals surface area (Å²) in [6.45, 7) is 2.32. The first-order chi connectivity index (χ1) is 19.0. The lowest BCUT2D eigenvalue weighted by Crippen LogP contribution is -2.44. The molecule has 2 saturated heterocycles. The van der Waals surface area contributed by atoms with Crippen molar-refractivity contribution < 1.29 is 31.1 Å². The van der Waals surface area contributed by atoms with Crippen LogP contribution in [-0.4, -0.2) is 54.6 Å². The summed E-state index contributed by atoms with van der Waals surface area (Å²) in [5.74, 6) is -0.860. The molecule has 3 N–H and O–H groups in total. The quantitative estimate of drug-likeness (QED) is 0.380. The lowest BCUT2D eigenvalue weighted by Gasteiger charge is -2.34. The summed E-state index contributed by atoms with van der Waals surface area (Å²) in [5.41, 5.74) is 5.47. The van der Waals surface area contributed by atoms with Crippen molar-refractivity contribution in [1.29, 1.82) is 0 Å². The smallest absolute Gasteiger partial charge is 0.356 e. The highest BCUT2D eigenvalue weighted by atomic mass is 35.5. The number of hydrogen-bond acceptors (Lipinski definition) is 6. The van der Waals surface area contributed by atoms with E-state index in [1.165, 1.54) is 18.2 Å². The summed E-state index contributed by atoms with van der Waals surface area (Å²) in [7, 11) is 0. The van der Waals surface area contributed by atoms with Gasteiger partial charge in [0.15, 0.2) is 0 Å². The average Bonchev–Trinajstić information content (AvgIpc) is 3.42. The summed E-state index contributed by atoms with van der Waals surface area (Å²) in [4.78, 5) is 24.1. The van der Waals surface area contributed by atoms with Crippen molar-refractivity contribution in [1.82, 2.24) is 15.3 Å². The topological polar surface area (TPSA) is 87.4 Å². The third kappa shape index (κ3) is 8.60. The molecule has 228 valence electrons. The molecular weight excluding hydrogens is 574 g/mol. The maximum atomic E-state index is 13.8.